The van der Waals surface area contributed by atoms with Crippen LogP contribution in [0.25, 0.3) is 0 Å². The van der Waals surface area contributed by atoms with Crippen LogP contribution < -0.4 is 10.0 Å². The largest absolute Gasteiger partial charge is 0.314 e. The molecule has 0 aliphatic carbocycles. The lowest BCUT2D eigenvalue weighted by Gasteiger charge is -2.17. The lowest BCUT2D eigenvalue weighted by Crippen LogP contribution is -2.35. The smallest absolute Gasteiger partial charge is 0.303 e. The number of nitrogens with one attached hydrogen (secondary N) is 2. The van der Waals surface area contributed by atoms with Crippen LogP contribution in [0.3, 0.4) is 0 Å². The molecule has 0 aromatic carbocycles. The van der Waals surface area contributed by atoms with E-state index < -0.39 is 10.2 Å². The lowest BCUT2D eigenvalue weighted by molar-refractivity contribution is 0.451. The molecule has 1 aromatic heterocycles. The molecule has 1 rings (SSSR count). The van der Waals surface area contributed by atoms with E-state index in [1.165, 1.54) is 15.6 Å². The zero-order valence-electron chi connectivity index (χ0n) is 13.4. The van der Waals surface area contributed by atoms with Gasteiger partial charge in [0, 0.05) is 24.5 Å². The van der Waals surface area contributed by atoms with Crippen molar-refractivity contribution in [3.05, 3.63) is 10.6 Å². The maximum absolute atomic E-state index is 12.2. The first-order valence-corrected chi connectivity index (χ1v) is 9.45. The molecule has 0 saturated carbocycles. The van der Waals surface area contributed by atoms with E-state index in [0.717, 1.165) is 30.0 Å². The standard InChI is InChI=1S/C13H26N4O2S2/c1-6-12-11(4)20-13(15-12)16-21(18,19)17(5)9-7-8-14-10(2)3/h10,14H,6-9H2,1-5H3,(H,15,16). The molecule has 0 aliphatic rings. The molecule has 0 spiro atoms. The van der Waals surface area contributed by atoms with Gasteiger partial charge in [0.2, 0.25) is 0 Å². The van der Waals surface area contributed by atoms with Gasteiger partial charge in [0.25, 0.3) is 0 Å². The predicted molar refractivity (Wildman–Crippen MR) is 89.2 cm³/mol. The summed E-state index contributed by atoms with van der Waals surface area (Å²) in [6.45, 7) is 9.37. The summed E-state index contributed by atoms with van der Waals surface area (Å²) in [6.07, 6.45) is 1.58. The molecule has 0 amide bonds. The van der Waals surface area contributed by atoms with Crippen LogP contribution in [0.15, 0.2) is 0 Å². The van der Waals surface area contributed by atoms with Crippen LogP contribution in [0.2, 0.25) is 0 Å². The molecule has 122 valence electrons. The first-order chi connectivity index (χ1) is 9.76. The molecule has 0 bridgehead atoms. The van der Waals surface area contributed by atoms with Crippen LogP contribution >= 0.6 is 11.3 Å². The van der Waals surface area contributed by atoms with Gasteiger partial charge in [0.05, 0.1) is 5.69 Å². The highest BCUT2D eigenvalue weighted by Crippen LogP contribution is 2.23. The van der Waals surface area contributed by atoms with Gasteiger partial charge in [-0.15, -0.1) is 11.3 Å². The molecule has 0 radical (unpaired) electrons. The number of hydrogen-bond acceptors (Lipinski definition) is 5. The zero-order chi connectivity index (χ0) is 16.0. The van der Waals surface area contributed by atoms with E-state index in [2.05, 4.69) is 28.9 Å². The molecular weight excluding hydrogens is 308 g/mol. The molecule has 0 fully saturated rings. The average Bonchev–Trinajstić information content (AvgIpc) is 2.73. The second kappa shape index (κ2) is 8.07. The van der Waals surface area contributed by atoms with Gasteiger partial charge in [-0.05, 0) is 26.3 Å². The van der Waals surface area contributed by atoms with Crippen LogP contribution in [-0.2, 0) is 16.6 Å². The minimum absolute atomic E-state index is 0.413. The first-order valence-electron chi connectivity index (χ1n) is 7.20. The molecule has 0 atom stereocenters. The monoisotopic (exact) mass is 334 g/mol. The van der Waals surface area contributed by atoms with Crippen LogP contribution in [0.4, 0.5) is 5.13 Å². The van der Waals surface area contributed by atoms with Gasteiger partial charge in [-0.2, -0.15) is 12.7 Å². The Hall–Kier alpha value is -0.700. The van der Waals surface area contributed by atoms with E-state index in [0.29, 0.717) is 17.7 Å². The SMILES string of the molecule is CCc1nc(NS(=O)(=O)N(C)CCCNC(C)C)sc1C. The third-order valence-corrected chi connectivity index (χ3v) is 5.57. The van der Waals surface area contributed by atoms with E-state index in [1.54, 1.807) is 7.05 Å². The normalized spacial score (nSPS) is 12.3. The van der Waals surface area contributed by atoms with Gasteiger partial charge >= 0.3 is 10.2 Å². The summed E-state index contributed by atoms with van der Waals surface area (Å²) in [5.41, 5.74) is 0.946. The van der Waals surface area contributed by atoms with Crippen molar-refractivity contribution in [3.63, 3.8) is 0 Å². The predicted octanol–water partition coefficient (Wildman–Crippen LogP) is 1.99. The van der Waals surface area contributed by atoms with Crippen molar-refractivity contribution < 1.29 is 8.42 Å². The second-order valence-electron chi connectivity index (χ2n) is 5.27. The highest BCUT2D eigenvalue weighted by molar-refractivity contribution is 7.90. The number of rotatable bonds is 9. The number of nitrogens with zero attached hydrogens (tertiary/aromatic N) is 2. The van der Waals surface area contributed by atoms with Crippen molar-refractivity contribution in [2.45, 2.75) is 46.6 Å². The van der Waals surface area contributed by atoms with Crippen LogP contribution in [0.1, 0.15) is 37.8 Å². The molecule has 6 nitrogen and oxygen atoms in total. The topological polar surface area (TPSA) is 74.3 Å². The van der Waals surface area contributed by atoms with Gasteiger partial charge in [0.1, 0.15) is 0 Å². The summed E-state index contributed by atoms with van der Waals surface area (Å²) in [4.78, 5) is 5.36. The van der Waals surface area contributed by atoms with Gasteiger partial charge in [-0.25, -0.2) is 9.71 Å². The van der Waals surface area contributed by atoms with Gasteiger partial charge in [-0.1, -0.05) is 20.8 Å². The maximum Gasteiger partial charge on any atom is 0.303 e. The summed E-state index contributed by atoms with van der Waals surface area (Å²) in [6, 6.07) is 0.413. The van der Waals surface area contributed by atoms with Gasteiger partial charge in [0.15, 0.2) is 5.13 Å². The van der Waals surface area contributed by atoms with Crippen molar-refractivity contribution >= 4 is 26.7 Å². The minimum atomic E-state index is -3.52. The van der Waals surface area contributed by atoms with E-state index in [1.807, 2.05) is 13.8 Å². The van der Waals surface area contributed by atoms with Crippen LogP contribution in [0, 0.1) is 6.92 Å². The molecule has 21 heavy (non-hydrogen) atoms. The Morgan fingerprint density at radius 1 is 1.38 bits per heavy atom. The summed E-state index contributed by atoms with van der Waals surface area (Å²) in [7, 11) is -1.94. The summed E-state index contributed by atoms with van der Waals surface area (Å²) >= 11 is 1.38. The minimum Gasteiger partial charge on any atom is -0.314 e. The first kappa shape index (κ1) is 18.3. The summed E-state index contributed by atoms with van der Waals surface area (Å²) in [5.74, 6) is 0. The quantitative estimate of drug-likeness (QED) is 0.677. The van der Waals surface area contributed by atoms with E-state index >= 15 is 0 Å². The van der Waals surface area contributed by atoms with Crippen LogP contribution in [-0.4, -0.2) is 43.9 Å². The third kappa shape index (κ3) is 5.90. The summed E-state index contributed by atoms with van der Waals surface area (Å²) < 4.78 is 28.3. The Balaban J connectivity index is 2.55. The second-order valence-corrected chi connectivity index (χ2v) is 8.25. The molecule has 1 heterocycles. The van der Waals surface area contributed by atoms with E-state index in [9.17, 15) is 8.42 Å². The molecule has 0 unspecified atom stereocenters. The van der Waals surface area contributed by atoms with E-state index in [4.69, 9.17) is 0 Å². The van der Waals surface area contributed by atoms with Crippen molar-refractivity contribution in [1.82, 2.24) is 14.6 Å². The van der Waals surface area contributed by atoms with Crippen molar-refractivity contribution in [3.8, 4) is 0 Å². The number of thiazole rings is 1. The molecule has 0 aliphatic heterocycles. The highest BCUT2D eigenvalue weighted by Gasteiger charge is 2.19. The highest BCUT2D eigenvalue weighted by atomic mass is 32.2. The number of aryl methyl sites for hydroxylation is 2. The summed E-state index contributed by atoms with van der Waals surface area (Å²) in [5, 5.41) is 3.71. The van der Waals surface area contributed by atoms with Crippen molar-refractivity contribution in [1.29, 1.82) is 0 Å². The Bertz CT molecular complexity index is 540. The lowest BCUT2D eigenvalue weighted by atomic mass is 10.3. The number of hydrogen-bond donors (Lipinski definition) is 2. The van der Waals surface area contributed by atoms with Crippen molar-refractivity contribution in [2.24, 2.45) is 0 Å². The van der Waals surface area contributed by atoms with Gasteiger partial charge in [-0.3, -0.25) is 0 Å². The Morgan fingerprint density at radius 2 is 2.05 bits per heavy atom. The van der Waals surface area contributed by atoms with Crippen LogP contribution in [0.5, 0.6) is 0 Å². The fraction of sp³-hybridized carbons (Fsp3) is 0.769. The Kier molecular flexibility index (Phi) is 7.05. The van der Waals surface area contributed by atoms with Gasteiger partial charge < -0.3 is 5.32 Å². The fourth-order valence-electron chi connectivity index (χ4n) is 1.80. The Morgan fingerprint density at radius 3 is 2.57 bits per heavy atom. The molecule has 0 saturated heterocycles. The number of anilines is 1. The third-order valence-electron chi connectivity index (χ3n) is 3.06. The maximum atomic E-state index is 12.2. The van der Waals surface area contributed by atoms with Crippen molar-refractivity contribution in [2.75, 3.05) is 24.9 Å². The molecule has 8 heteroatoms. The average molecular weight is 335 g/mol. The fourth-order valence-corrected chi connectivity index (χ4v) is 3.83. The zero-order valence-corrected chi connectivity index (χ0v) is 15.1. The Labute approximate surface area is 132 Å². The number of aromatic nitrogens is 1. The van der Waals surface area contributed by atoms with E-state index in [-0.39, 0.29) is 0 Å². The molecular formula is C13H26N4O2S2. The molecule has 2 N–H and O–H groups in total. The molecule has 1 aromatic rings.